The van der Waals surface area contributed by atoms with E-state index in [2.05, 4.69) is 0 Å². The van der Waals surface area contributed by atoms with Gasteiger partial charge in [0.2, 0.25) is 5.91 Å². The van der Waals surface area contributed by atoms with Gasteiger partial charge < -0.3 is 4.90 Å². The number of rotatable bonds is 0. The SMILES string of the molecule is C[C@@H]1CN(C)C(=O)[C@]12CCCC2=O. The van der Waals surface area contributed by atoms with E-state index in [4.69, 9.17) is 0 Å². The molecule has 3 nitrogen and oxygen atoms in total. The van der Waals surface area contributed by atoms with Gasteiger partial charge in [-0.3, -0.25) is 9.59 Å². The molecule has 0 bridgehead atoms. The first-order chi connectivity index (χ1) is 6.09. The minimum absolute atomic E-state index is 0.0579. The van der Waals surface area contributed by atoms with Crippen molar-refractivity contribution in [3.63, 3.8) is 0 Å². The van der Waals surface area contributed by atoms with Crippen LogP contribution in [0.1, 0.15) is 26.2 Å². The lowest BCUT2D eigenvalue weighted by Crippen LogP contribution is -2.38. The van der Waals surface area contributed by atoms with E-state index in [1.807, 2.05) is 6.92 Å². The summed E-state index contributed by atoms with van der Waals surface area (Å²) < 4.78 is 0. The van der Waals surface area contributed by atoms with Crippen LogP contribution in [0, 0.1) is 11.3 Å². The molecule has 2 rings (SSSR count). The zero-order chi connectivity index (χ0) is 9.64. The normalized spacial score (nSPS) is 39.5. The van der Waals surface area contributed by atoms with Crippen LogP contribution in [0.2, 0.25) is 0 Å². The molecular weight excluding hydrogens is 166 g/mol. The van der Waals surface area contributed by atoms with Gasteiger partial charge in [-0.2, -0.15) is 0 Å². The molecule has 1 amide bonds. The summed E-state index contributed by atoms with van der Waals surface area (Å²) >= 11 is 0. The number of ketones is 1. The maximum Gasteiger partial charge on any atom is 0.236 e. The third-order valence-electron chi connectivity index (χ3n) is 3.59. The lowest BCUT2D eigenvalue weighted by Gasteiger charge is -2.22. The average molecular weight is 181 g/mol. The van der Waals surface area contributed by atoms with Crippen molar-refractivity contribution >= 4 is 11.7 Å². The number of amides is 1. The number of nitrogens with zero attached hydrogens (tertiary/aromatic N) is 1. The fourth-order valence-corrected chi connectivity index (χ4v) is 2.84. The second-order valence-electron chi connectivity index (χ2n) is 4.33. The highest BCUT2D eigenvalue weighted by atomic mass is 16.2. The Hall–Kier alpha value is -0.860. The van der Waals surface area contributed by atoms with Crippen molar-refractivity contribution in [3.8, 4) is 0 Å². The van der Waals surface area contributed by atoms with Crippen molar-refractivity contribution in [2.45, 2.75) is 26.2 Å². The Morgan fingerprint density at radius 1 is 1.46 bits per heavy atom. The minimum atomic E-state index is -0.616. The van der Waals surface area contributed by atoms with Crippen LogP contribution in [0.15, 0.2) is 0 Å². The maximum absolute atomic E-state index is 11.9. The highest BCUT2D eigenvalue weighted by Gasteiger charge is 2.57. The predicted molar refractivity (Wildman–Crippen MR) is 48.1 cm³/mol. The van der Waals surface area contributed by atoms with Gasteiger partial charge in [-0.15, -0.1) is 0 Å². The van der Waals surface area contributed by atoms with Gasteiger partial charge in [-0.25, -0.2) is 0 Å². The van der Waals surface area contributed by atoms with Crippen LogP contribution >= 0.6 is 0 Å². The highest BCUT2D eigenvalue weighted by molar-refractivity contribution is 6.08. The molecule has 0 N–H and O–H groups in total. The van der Waals surface area contributed by atoms with E-state index in [0.717, 1.165) is 19.4 Å². The quantitative estimate of drug-likeness (QED) is 0.519. The monoisotopic (exact) mass is 181 g/mol. The molecule has 1 aliphatic carbocycles. The largest absolute Gasteiger partial charge is 0.345 e. The Morgan fingerprint density at radius 3 is 2.54 bits per heavy atom. The molecule has 1 heterocycles. The minimum Gasteiger partial charge on any atom is -0.345 e. The fraction of sp³-hybridized carbons (Fsp3) is 0.800. The Bertz CT molecular complexity index is 274. The van der Waals surface area contributed by atoms with Crippen LogP contribution in [0.3, 0.4) is 0 Å². The van der Waals surface area contributed by atoms with Gasteiger partial charge in [0, 0.05) is 20.0 Å². The van der Waals surface area contributed by atoms with E-state index < -0.39 is 5.41 Å². The van der Waals surface area contributed by atoms with Gasteiger partial charge in [0.15, 0.2) is 0 Å². The molecule has 0 aromatic carbocycles. The molecular formula is C10H15NO2. The third kappa shape index (κ3) is 0.901. The van der Waals surface area contributed by atoms with Crippen molar-refractivity contribution in [1.82, 2.24) is 4.90 Å². The molecule has 0 unspecified atom stereocenters. The second kappa shape index (κ2) is 2.56. The van der Waals surface area contributed by atoms with Gasteiger partial charge in [0.1, 0.15) is 11.2 Å². The number of carbonyl (C=O) groups excluding carboxylic acids is 2. The molecule has 1 spiro atoms. The van der Waals surface area contributed by atoms with Crippen LogP contribution in [-0.4, -0.2) is 30.2 Å². The summed E-state index contributed by atoms with van der Waals surface area (Å²) in [5.74, 6) is 0.442. The Labute approximate surface area is 78.1 Å². The van der Waals surface area contributed by atoms with Crippen LogP contribution in [-0.2, 0) is 9.59 Å². The molecule has 3 heteroatoms. The lowest BCUT2D eigenvalue weighted by atomic mass is 9.76. The summed E-state index contributed by atoms with van der Waals surface area (Å²) in [7, 11) is 1.79. The van der Waals surface area contributed by atoms with Crippen molar-refractivity contribution in [2.24, 2.45) is 11.3 Å². The second-order valence-corrected chi connectivity index (χ2v) is 4.33. The molecule has 0 aromatic heterocycles. The molecule has 0 radical (unpaired) electrons. The van der Waals surface area contributed by atoms with Crippen molar-refractivity contribution in [3.05, 3.63) is 0 Å². The number of hydrogen-bond acceptors (Lipinski definition) is 2. The molecule has 0 aromatic rings. The molecule has 2 aliphatic rings. The van der Waals surface area contributed by atoms with Crippen molar-refractivity contribution in [1.29, 1.82) is 0 Å². The standard InChI is InChI=1S/C10H15NO2/c1-7-6-11(2)9(13)10(7)5-3-4-8(10)12/h7H,3-6H2,1-2H3/t7-,10-/m1/s1. The van der Waals surface area contributed by atoms with Gasteiger partial charge >= 0.3 is 0 Å². The zero-order valence-corrected chi connectivity index (χ0v) is 8.17. The summed E-state index contributed by atoms with van der Waals surface area (Å²) in [5, 5.41) is 0. The predicted octanol–water partition coefficient (Wildman–Crippen LogP) is 0.834. The summed E-state index contributed by atoms with van der Waals surface area (Å²) in [6.07, 6.45) is 2.27. The summed E-state index contributed by atoms with van der Waals surface area (Å²) in [4.78, 5) is 25.3. The average Bonchev–Trinajstić information content (AvgIpc) is 2.54. The Morgan fingerprint density at radius 2 is 2.15 bits per heavy atom. The summed E-state index contributed by atoms with van der Waals surface area (Å²) in [6.45, 7) is 2.76. The van der Waals surface area contributed by atoms with E-state index >= 15 is 0 Å². The summed E-state index contributed by atoms with van der Waals surface area (Å²) in [6, 6.07) is 0. The first kappa shape index (κ1) is 8.73. The molecule has 1 aliphatic heterocycles. The maximum atomic E-state index is 11.9. The van der Waals surface area contributed by atoms with Crippen LogP contribution in [0.5, 0.6) is 0 Å². The molecule has 2 atom stereocenters. The van der Waals surface area contributed by atoms with Crippen molar-refractivity contribution in [2.75, 3.05) is 13.6 Å². The number of carbonyl (C=O) groups is 2. The topological polar surface area (TPSA) is 37.4 Å². The lowest BCUT2D eigenvalue weighted by molar-refractivity contribution is -0.142. The van der Waals surface area contributed by atoms with E-state index in [1.165, 1.54) is 0 Å². The molecule has 13 heavy (non-hydrogen) atoms. The first-order valence-electron chi connectivity index (χ1n) is 4.88. The van der Waals surface area contributed by atoms with Crippen LogP contribution in [0.25, 0.3) is 0 Å². The Kier molecular flexibility index (Phi) is 1.72. The molecule has 1 saturated heterocycles. The molecule has 2 fully saturated rings. The number of likely N-dealkylation sites (tertiary alicyclic amines) is 1. The smallest absolute Gasteiger partial charge is 0.236 e. The van der Waals surface area contributed by atoms with Gasteiger partial charge in [-0.05, 0) is 18.8 Å². The number of hydrogen-bond donors (Lipinski definition) is 0. The van der Waals surface area contributed by atoms with Gasteiger partial charge in [0.25, 0.3) is 0 Å². The van der Waals surface area contributed by atoms with E-state index in [0.29, 0.717) is 6.42 Å². The van der Waals surface area contributed by atoms with Gasteiger partial charge in [0.05, 0.1) is 0 Å². The summed E-state index contributed by atoms with van der Waals surface area (Å²) in [5.41, 5.74) is -0.616. The molecule has 72 valence electrons. The highest BCUT2D eigenvalue weighted by Crippen LogP contribution is 2.46. The zero-order valence-electron chi connectivity index (χ0n) is 8.17. The Balaban J connectivity index is 2.40. The van der Waals surface area contributed by atoms with Crippen molar-refractivity contribution < 1.29 is 9.59 Å². The van der Waals surface area contributed by atoms with Gasteiger partial charge in [-0.1, -0.05) is 6.92 Å². The third-order valence-corrected chi connectivity index (χ3v) is 3.59. The van der Waals surface area contributed by atoms with E-state index in [9.17, 15) is 9.59 Å². The van der Waals surface area contributed by atoms with Crippen LogP contribution in [0.4, 0.5) is 0 Å². The molecule has 1 saturated carbocycles. The number of Topliss-reactive ketones (excluding diaryl/α,β-unsaturated/α-hetero) is 1. The van der Waals surface area contributed by atoms with E-state index in [-0.39, 0.29) is 17.6 Å². The van der Waals surface area contributed by atoms with E-state index in [1.54, 1.807) is 11.9 Å². The fourth-order valence-electron chi connectivity index (χ4n) is 2.84. The first-order valence-corrected chi connectivity index (χ1v) is 4.88. The van der Waals surface area contributed by atoms with Crippen LogP contribution < -0.4 is 0 Å².